The van der Waals surface area contributed by atoms with Gasteiger partial charge >= 0.3 is 6.18 Å². The van der Waals surface area contributed by atoms with Crippen LogP contribution in [0, 0.1) is 0 Å². The molecule has 0 fully saturated rings. The zero-order chi connectivity index (χ0) is 24.8. The fraction of sp³-hybridized carbons (Fsp3) is 0.450. The Bertz CT molecular complexity index is 1140. The van der Waals surface area contributed by atoms with Crippen molar-refractivity contribution in [1.29, 1.82) is 0 Å². The maximum Gasteiger partial charge on any atom is 0.398 e. The summed E-state index contributed by atoms with van der Waals surface area (Å²) in [6.07, 6.45) is -3.91. The Morgan fingerprint density at radius 2 is 1.94 bits per heavy atom. The summed E-state index contributed by atoms with van der Waals surface area (Å²) >= 11 is 1.35. The first-order valence-corrected chi connectivity index (χ1v) is 13.3. The topological polar surface area (TPSA) is 125 Å². The summed E-state index contributed by atoms with van der Waals surface area (Å²) in [6, 6.07) is 7.53. The van der Waals surface area contributed by atoms with E-state index >= 15 is 0 Å². The van der Waals surface area contributed by atoms with Crippen molar-refractivity contribution in [3.8, 4) is 5.75 Å². The van der Waals surface area contributed by atoms with Gasteiger partial charge in [-0.25, -0.2) is 9.97 Å². The van der Waals surface area contributed by atoms with E-state index in [1.165, 1.54) is 18.1 Å². The van der Waals surface area contributed by atoms with Gasteiger partial charge in [0.2, 0.25) is 13.3 Å². The molecule has 0 saturated carbocycles. The van der Waals surface area contributed by atoms with Crippen molar-refractivity contribution in [3.63, 3.8) is 0 Å². The Kier molecular flexibility index (Phi) is 8.80. The molecule has 3 N–H and O–H groups in total. The van der Waals surface area contributed by atoms with E-state index in [0.29, 0.717) is 22.8 Å². The second-order valence-corrected chi connectivity index (χ2v) is 10.8. The molecule has 3 rings (SSSR count). The van der Waals surface area contributed by atoms with Gasteiger partial charge in [0.25, 0.3) is 0 Å². The average Bonchev–Trinajstić information content (AvgIpc) is 3.14. The second-order valence-electron chi connectivity index (χ2n) is 7.43. The number of anilines is 1. The summed E-state index contributed by atoms with van der Waals surface area (Å²) in [6.45, 7) is 2.79. The molecule has 0 aliphatic heterocycles. The van der Waals surface area contributed by atoms with Crippen LogP contribution in [-0.4, -0.2) is 56.3 Å². The number of benzene rings is 1. The quantitative estimate of drug-likeness (QED) is 0.201. The summed E-state index contributed by atoms with van der Waals surface area (Å²) < 4.78 is 60.9. The molecule has 2 heterocycles. The number of alkyl halides is 3. The number of nitrogen functional groups attached to an aromatic ring is 1. The molecule has 1 unspecified atom stereocenters. The summed E-state index contributed by atoms with van der Waals surface area (Å²) in [7, 11) is -4.47. The van der Waals surface area contributed by atoms with E-state index in [1.54, 1.807) is 4.57 Å². The van der Waals surface area contributed by atoms with Crippen molar-refractivity contribution in [1.82, 2.24) is 19.5 Å². The smallest absolute Gasteiger partial charge is 0.398 e. The third-order valence-electron chi connectivity index (χ3n) is 4.45. The summed E-state index contributed by atoms with van der Waals surface area (Å²) in [5.41, 5.74) is 6.77. The number of nitrogens with two attached hydrogens (primary N) is 1. The molecular formula is C20H25F3N5O4PS. The van der Waals surface area contributed by atoms with Gasteiger partial charge in [-0.05, 0) is 30.7 Å². The molecular weight excluding hydrogens is 494 g/mol. The van der Waals surface area contributed by atoms with Crippen LogP contribution in [0.5, 0.6) is 5.75 Å². The van der Waals surface area contributed by atoms with Crippen LogP contribution in [0.3, 0.4) is 0 Å². The van der Waals surface area contributed by atoms with Crippen molar-refractivity contribution in [2.75, 3.05) is 31.5 Å². The monoisotopic (exact) mass is 519 g/mol. The minimum Gasteiger partial charge on any atom is -0.494 e. The van der Waals surface area contributed by atoms with E-state index in [1.807, 2.05) is 24.3 Å². The fourth-order valence-electron chi connectivity index (χ4n) is 2.91. The second kappa shape index (κ2) is 11.4. The van der Waals surface area contributed by atoms with Crippen LogP contribution in [0.25, 0.3) is 11.2 Å². The highest BCUT2D eigenvalue weighted by Crippen LogP contribution is 2.45. The van der Waals surface area contributed by atoms with Crippen LogP contribution < -0.4 is 10.5 Å². The van der Waals surface area contributed by atoms with E-state index in [2.05, 4.69) is 21.9 Å². The van der Waals surface area contributed by atoms with E-state index in [4.69, 9.17) is 15.2 Å². The SMILES string of the molecule is CCCCOc1ccc(Sc2nc(N)nc3c2ncn3CCOCP(=O)(O)CC(F)(F)F)cc1. The highest BCUT2D eigenvalue weighted by atomic mass is 32.2. The predicted octanol–water partition coefficient (Wildman–Crippen LogP) is 4.55. The zero-order valence-electron chi connectivity index (χ0n) is 18.4. The molecule has 34 heavy (non-hydrogen) atoms. The molecule has 0 saturated heterocycles. The summed E-state index contributed by atoms with van der Waals surface area (Å²) in [5.74, 6) is 0.805. The summed E-state index contributed by atoms with van der Waals surface area (Å²) in [5, 5.41) is 0.534. The van der Waals surface area contributed by atoms with Gasteiger partial charge in [-0.1, -0.05) is 25.1 Å². The number of nitrogens with zero attached hydrogens (tertiary/aromatic N) is 4. The van der Waals surface area contributed by atoms with E-state index in [-0.39, 0.29) is 19.1 Å². The van der Waals surface area contributed by atoms with Gasteiger partial charge in [0, 0.05) is 11.4 Å². The van der Waals surface area contributed by atoms with Crippen LogP contribution in [-0.2, 0) is 15.8 Å². The molecule has 2 aromatic heterocycles. The number of fused-ring (bicyclic) bond motifs is 1. The first-order chi connectivity index (χ1) is 16.1. The van der Waals surface area contributed by atoms with Crippen molar-refractivity contribution < 1.29 is 32.1 Å². The lowest BCUT2D eigenvalue weighted by Gasteiger charge is -2.14. The molecule has 186 valence electrons. The number of halogens is 3. The molecule has 0 aliphatic rings. The van der Waals surface area contributed by atoms with E-state index < -0.39 is 26.1 Å². The van der Waals surface area contributed by atoms with Gasteiger partial charge in [0.1, 0.15) is 28.8 Å². The lowest BCUT2D eigenvalue weighted by atomic mass is 10.3. The normalized spacial score (nSPS) is 13.8. The van der Waals surface area contributed by atoms with Gasteiger partial charge in [-0.15, -0.1) is 0 Å². The molecule has 14 heteroatoms. The Morgan fingerprint density at radius 1 is 1.21 bits per heavy atom. The van der Waals surface area contributed by atoms with Gasteiger partial charge < -0.3 is 24.7 Å². The molecule has 3 aromatic rings. The number of hydrogen-bond acceptors (Lipinski definition) is 8. The van der Waals surface area contributed by atoms with Gasteiger partial charge in [0.05, 0.1) is 19.5 Å². The number of ether oxygens (including phenoxy) is 2. The number of aromatic nitrogens is 4. The Morgan fingerprint density at radius 3 is 2.62 bits per heavy atom. The van der Waals surface area contributed by atoms with Gasteiger partial charge in [-0.2, -0.15) is 18.2 Å². The minimum atomic E-state index is -4.74. The van der Waals surface area contributed by atoms with Crippen LogP contribution >= 0.6 is 19.1 Å². The molecule has 0 amide bonds. The first kappa shape index (κ1) is 26.3. The van der Waals surface area contributed by atoms with Crippen molar-refractivity contribution >= 4 is 36.2 Å². The maximum absolute atomic E-state index is 12.3. The fourth-order valence-corrected chi connectivity index (χ4v) is 4.86. The van der Waals surface area contributed by atoms with Crippen LogP contribution in [0.2, 0.25) is 0 Å². The Hall–Kier alpha value is -2.34. The van der Waals surface area contributed by atoms with Crippen LogP contribution in [0.15, 0.2) is 40.5 Å². The number of hydrogen-bond donors (Lipinski definition) is 2. The largest absolute Gasteiger partial charge is 0.494 e. The molecule has 0 spiro atoms. The van der Waals surface area contributed by atoms with Crippen LogP contribution in [0.1, 0.15) is 19.8 Å². The maximum atomic E-state index is 12.3. The van der Waals surface area contributed by atoms with E-state index in [9.17, 15) is 22.6 Å². The zero-order valence-corrected chi connectivity index (χ0v) is 20.1. The lowest BCUT2D eigenvalue weighted by Crippen LogP contribution is -2.17. The average molecular weight is 519 g/mol. The van der Waals surface area contributed by atoms with Gasteiger partial charge in [-0.3, -0.25) is 4.57 Å². The molecule has 0 aliphatic carbocycles. The van der Waals surface area contributed by atoms with Crippen LogP contribution in [0.4, 0.5) is 19.1 Å². The molecule has 1 aromatic carbocycles. The highest BCUT2D eigenvalue weighted by molar-refractivity contribution is 7.99. The standard InChI is InChI=1S/C20H25F3N5O4PS/c1-2-3-9-32-14-4-6-15(7-5-14)34-18-16-17(26-19(24)27-18)28(12-25-16)8-10-31-13-33(29,30)11-20(21,22)23/h4-7,12H,2-3,8-11,13H2,1H3,(H,29,30)(H2,24,26,27). The molecule has 0 bridgehead atoms. The minimum absolute atomic E-state index is 0.0298. The predicted molar refractivity (Wildman–Crippen MR) is 122 cm³/mol. The van der Waals surface area contributed by atoms with E-state index in [0.717, 1.165) is 23.5 Å². The van der Waals surface area contributed by atoms with Crippen molar-refractivity contribution in [2.45, 2.75) is 42.4 Å². The molecule has 9 nitrogen and oxygen atoms in total. The van der Waals surface area contributed by atoms with Crippen molar-refractivity contribution in [2.24, 2.45) is 0 Å². The number of unbranched alkanes of at least 4 members (excludes halogenated alkanes) is 1. The lowest BCUT2D eigenvalue weighted by molar-refractivity contribution is -0.108. The Labute approximate surface area is 198 Å². The first-order valence-electron chi connectivity index (χ1n) is 10.4. The third kappa shape index (κ3) is 7.86. The molecule has 1 atom stereocenters. The van der Waals surface area contributed by atoms with Crippen molar-refractivity contribution in [3.05, 3.63) is 30.6 Å². The highest BCUT2D eigenvalue weighted by Gasteiger charge is 2.38. The third-order valence-corrected chi connectivity index (χ3v) is 6.87. The Balaban J connectivity index is 1.64. The summed E-state index contributed by atoms with van der Waals surface area (Å²) in [4.78, 5) is 23.1. The number of imidazole rings is 1. The van der Waals surface area contributed by atoms with Gasteiger partial charge in [0.15, 0.2) is 5.65 Å². The molecule has 0 radical (unpaired) electrons. The number of rotatable bonds is 12.